The van der Waals surface area contributed by atoms with E-state index < -0.39 is 0 Å². The first-order valence-corrected chi connectivity index (χ1v) is 8.06. The molecule has 0 aliphatic rings. The number of rotatable bonds is 4. The predicted molar refractivity (Wildman–Crippen MR) is 89.6 cm³/mol. The number of nitrogens with one attached hydrogen (secondary N) is 1. The molecule has 3 nitrogen and oxygen atoms in total. The van der Waals surface area contributed by atoms with E-state index in [1.807, 2.05) is 13.0 Å². The average Bonchev–Trinajstić information content (AvgIpc) is 2.93. The minimum atomic E-state index is 0.471. The summed E-state index contributed by atoms with van der Waals surface area (Å²) in [7, 11) is 0. The lowest BCUT2D eigenvalue weighted by Gasteiger charge is -2.06. The van der Waals surface area contributed by atoms with Crippen molar-refractivity contribution in [3.63, 3.8) is 0 Å². The molecule has 0 bridgehead atoms. The van der Waals surface area contributed by atoms with Gasteiger partial charge in [-0.1, -0.05) is 32.0 Å². The smallest absolute Gasteiger partial charge is 0.124 e. The number of para-hydroxylation sites is 1. The molecule has 4 heteroatoms. The third-order valence-corrected chi connectivity index (χ3v) is 4.24. The summed E-state index contributed by atoms with van der Waals surface area (Å²) in [5.74, 6) is 0. The fourth-order valence-corrected chi connectivity index (χ4v) is 3.15. The molecule has 2 aromatic heterocycles. The summed E-state index contributed by atoms with van der Waals surface area (Å²) in [6.07, 6.45) is 0. The number of nitrogens with zero attached hydrogens (tertiary/aromatic N) is 2. The minimum absolute atomic E-state index is 0.471. The largest absolute Gasteiger partial charge is 0.309 e. The van der Waals surface area contributed by atoms with E-state index in [-0.39, 0.29) is 0 Å². The Kier molecular flexibility index (Phi) is 3.99. The van der Waals surface area contributed by atoms with Crippen LogP contribution in [0.3, 0.4) is 0 Å². The van der Waals surface area contributed by atoms with Gasteiger partial charge in [0.1, 0.15) is 5.01 Å². The Bertz CT molecular complexity index is 762. The number of hydrogen-bond acceptors (Lipinski definition) is 4. The van der Waals surface area contributed by atoms with Crippen molar-refractivity contribution in [3.05, 3.63) is 47.1 Å². The normalized spacial score (nSPS) is 11.4. The maximum atomic E-state index is 4.77. The Morgan fingerprint density at radius 1 is 1.19 bits per heavy atom. The molecule has 0 amide bonds. The van der Waals surface area contributed by atoms with E-state index in [2.05, 4.69) is 53.8 Å². The Morgan fingerprint density at radius 2 is 2.00 bits per heavy atom. The highest BCUT2D eigenvalue weighted by atomic mass is 32.1. The van der Waals surface area contributed by atoms with Crippen molar-refractivity contribution in [2.24, 2.45) is 0 Å². The van der Waals surface area contributed by atoms with Gasteiger partial charge in [-0.15, -0.1) is 11.3 Å². The topological polar surface area (TPSA) is 37.8 Å². The molecular formula is C17H19N3S. The molecule has 0 spiro atoms. The second kappa shape index (κ2) is 5.92. The SMILES string of the molecule is Cc1cc(-c2nc(CNC(C)C)cs2)c2ccccc2n1. The van der Waals surface area contributed by atoms with Crippen molar-refractivity contribution >= 4 is 22.2 Å². The fourth-order valence-electron chi connectivity index (χ4n) is 2.31. The second-order valence-electron chi connectivity index (χ2n) is 5.51. The molecule has 0 unspecified atom stereocenters. The summed E-state index contributed by atoms with van der Waals surface area (Å²) in [6, 6.07) is 10.8. The van der Waals surface area contributed by atoms with Crippen LogP contribution in [-0.4, -0.2) is 16.0 Å². The summed E-state index contributed by atoms with van der Waals surface area (Å²) >= 11 is 1.70. The van der Waals surface area contributed by atoms with Crippen molar-refractivity contribution in [1.82, 2.24) is 15.3 Å². The van der Waals surface area contributed by atoms with Gasteiger partial charge in [-0.25, -0.2) is 4.98 Å². The average molecular weight is 297 g/mol. The summed E-state index contributed by atoms with van der Waals surface area (Å²) in [6.45, 7) is 7.14. The Hall–Kier alpha value is -1.78. The molecule has 3 rings (SSSR count). The van der Waals surface area contributed by atoms with Crippen LogP contribution in [0.2, 0.25) is 0 Å². The van der Waals surface area contributed by atoms with Crippen molar-refractivity contribution in [2.45, 2.75) is 33.4 Å². The number of aromatic nitrogens is 2. The van der Waals surface area contributed by atoms with E-state index in [4.69, 9.17) is 4.98 Å². The van der Waals surface area contributed by atoms with Crippen LogP contribution in [0.4, 0.5) is 0 Å². The van der Waals surface area contributed by atoms with Crippen molar-refractivity contribution < 1.29 is 0 Å². The zero-order valence-electron chi connectivity index (χ0n) is 12.6. The van der Waals surface area contributed by atoms with Crippen LogP contribution in [-0.2, 0) is 6.54 Å². The van der Waals surface area contributed by atoms with Crippen LogP contribution < -0.4 is 5.32 Å². The molecule has 0 radical (unpaired) electrons. The fraction of sp³-hybridized carbons (Fsp3) is 0.294. The molecule has 108 valence electrons. The van der Waals surface area contributed by atoms with Gasteiger partial charge in [-0.2, -0.15) is 0 Å². The Morgan fingerprint density at radius 3 is 2.81 bits per heavy atom. The first-order chi connectivity index (χ1) is 10.1. The first-order valence-electron chi connectivity index (χ1n) is 7.18. The summed E-state index contributed by atoms with van der Waals surface area (Å²) in [4.78, 5) is 9.36. The first kappa shape index (κ1) is 14.2. The third-order valence-electron chi connectivity index (χ3n) is 3.32. The molecule has 0 saturated carbocycles. The van der Waals surface area contributed by atoms with Crippen LogP contribution in [0.5, 0.6) is 0 Å². The molecule has 2 heterocycles. The molecular weight excluding hydrogens is 278 g/mol. The van der Waals surface area contributed by atoms with Gasteiger partial charge in [-0.05, 0) is 19.1 Å². The van der Waals surface area contributed by atoms with Crippen LogP contribution >= 0.6 is 11.3 Å². The minimum Gasteiger partial charge on any atom is -0.309 e. The van der Waals surface area contributed by atoms with E-state index in [0.717, 1.165) is 28.5 Å². The molecule has 0 saturated heterocycles. The van der Waals surface area contributed by atoms with Crippen molar-refractivity contribution in [3.8, 4) is 10.6 Å². The van der Waals surface area contributed by atoms with E-state index >= 15 is 0 Å². The monoisotopic (exact) mass is 297 g/mol. The van der Waals surface area contributed by atoms with Gasteiger partial charge in [-0.3, -0.25) is 4.98 Å². The standard InChI is InChI=1S/C17H19N3S/c1-11(2)18-9-13-10-21-17(20-13)15-8-12(3)19-16-7-5-4-6-14(15)16/h4-8,10-11,18H,9H2,1-3H3. The van der Waals surface area contributed by atoms with E-state index in [9.17, 15) is 0 Å². The van der Waals surface area contributed by atoms with Crippen molar-refractivity contribution in [2.75, 3.05) is 0 Å². The maximum absolute atomic E-state index is 4.77. The van der Waals surface area contributed by atoms with Crippen LogP contribution in [0.1, 0.15) is 25.2 Å². The predicted octanol–water partition coefficient (Wildman–Crippen LogP) is 4.16. The Balaban J connectivity index is 2.00. The van der Waals surface area contributed by atoms with Crippen LogP contribution in [0, 0.1) is 6.92 Å². The van der Waals surface area contributed by atoms with E-state index in [1.165, 1.54) is 10.9 Å². The number of fused-ring (bicyclic) bond motifs is 1. The molecule has 0 atom stereocenters. The second-order valence-corrected chi connectivity index (χ2v) is 6.37. The maximum Gasteiger partial charge on any atom is 0.124 e. The van der Waals surface area contributed by atoms with Gasteiger partial charge < -0.3 is 5.32 Å². The number of pyridine rings is 1. The molecule has 1 aromatic carbocycles. The van der Waals surface area contributed by atoms with Gasteiger partial charge >= 0.3 is 0 Å². The lowest BCUT2D eigenvalue weighted by molar-refractivity contribution is 0.583. The lowest BCUT2D eigenvalue weighted by Crippen LogP contribution is -2.21. The molecule has 0 fully saturated rings. The van der Waals surface area contributed by atoms with Crippen LogP contribution in [0.25, 0.3) is 21.5 Å². The van der Waals surface area contributed by atoms with Gasteiger partial charge in [0.05, 0.1) is 11.2 Å². The van der Waals surface area contributed by atoms with Crippen molar-refractivity contribution in [1.29, 1.82) is 0 Å². The quantitative estimate of drug-likeness (QED) is 0.785. The molecule has 1 N–H and O–H groups in total. The van der Waals surface area contributed by atoms with Gasteiger partial charge in [0, 0.05) is 34.6 Å². The highest BCUT2D eigenvalue weighted by Crippen LogP contribution is 2.30. The van der Waals surface area contributed by atoms with Gasteiger partial charge in [0.2, 0.25) is 0 Å². The summed E-state index contributed by atoms with van der Waals surface area (Å²) in [5.41, 5.74) is 4.34. The molecule has 0 aliphatic carbocycles. The summed E-state index contributed by atoms with van der Waals surface area (Å²) < 4.78 is 0. The van der Waals surface area contributed by atoms with Gasteiger partial charge in [0.15, 0.2) is 0 Å². The zero-order chi connectivity index (χ0) is 14.8. The number of hydrogen-bond donors (Lipinski definition) is 1. The number of thiazole rings is 1. The molecule has 0 aliphatic heterocycles. The van der Waals surface area contributed by atoms with Crippen LogP contribution in [0.15, 0.2) is 35.7 Å². The Labute approximate surface area is 129 Å². The number of benzene rings is 1. The van der Waals surface area contributed by atoms with E-state index in [1.54, 1.807) is 11.3 Å². The lowest BCUT2D eigenvalue weighted by atomic mass is 10.1. The number of aryl methyl sites for hydroxylation is 1. The van der Waals surface area contributed by atoms with E-state index in [0.29, 0.717) is 6.04 Å². The highest BCUT2D eigenvalue weighted by molar-refractivity contribution is 7.13. The summed E-state index contributed by atoms with van der Waals surface area (Å²) in [5, 5.41) is 7.78. The zero-order valence-corrected chi connectivity index (χ0v) is 13.4. The molecule has 21 heavy (non-hydrogen) atoms. The third kappa shape index (κ3) is 3.12. The molecule has 3 aromatic rings. The highest BCUT2D eigenvalue weighted by Gasteiger charge is 2.10. The van der Waals surface area contributed by atoms with Gasteiger partial charge in [0.25, 0.3) is 0 Å².